The maximum Gasteiger partial charge on any atom is 0.418 e. The van der Waals surface area contributed by atoms with E-state index in [1.807, 2.05) is 4.90 Å². The molecule has 0 spiro atoms. The Bertz CT molecular complexity index is 764. The van der Waals surface area contributed by atoms with E-state index < -0.39 is 11.7 Å². The van der Waals surface area contributed by atoms with Gasteiger partial charge in [0.1, 0.15) is 5.82 Å². The summed E-state index contributed by atoms with van der Waals surface area (Å²) in [7, 11) is 0. The average Bonchev–Trinajstić information content (AvgIpc) is 2.56. The van der Waals surface area contributed by atoms with E-state index in [1.54, 1.807) is 13.0 Å². The summed E-state index contributed by atoms with van der Waals surface area (Å²) in [6.07, 6.45) is -4.54. The molecule has 25 heavy (non-hydrogen) atoms. The van der Waals surface area contributed by atoms with Crippen molar-refractivity contribution in [2.75, 3.05) is 36.5 Å². The molecule has 0 aliphatic carbocycles. The van der Waals surface area contributed by atoms with Crippen LogP contribution in [-0.4, -0.2) is 36.3 Å². The lowest BCUT2D eigenvalue weighted by atomic mass is 10.1. The van der Waals surface area contributed by atoms with Gasteiger partial charge in [-0.05, 0) is 25.1 Å². The second kappa shape index (κ2) is 7.05. The lowest BCUT2D eigenvalue weighted by molar-refractivity contribution is -0.136. The summed E-state index contributed by atoms with van der Waals surface area (Å²) >= 11 is 5.70. The third-order valence-corrected chi connectivity index (χ3v) is 3.94. The van der Waals surface area contributed by atoms with Crippen LogP contribution >= 0.6 is 11.6 Å². The molecule has 3 rings (SSSR count). The third-order valence-electron chi connectivity index (χ3n) is 3.71. The average molecular weight is 373 g/mol. The highest BCUT2D eigenvalue weighted by Gasteiger charge is 2.34. The van der Waals surface area contributed by atoms with Crippen molar-refractivity contribution in [3.63, 3.8) is 0 Å². The number of anilines is 3. The quantitative estimate of drug-likeness (QED) is 0.881. The van der Waals surface area contributed by atoms with Crippen LogP contribution in [0.5, 0.6) is 0 Å². The molecule has 1 aliphatic heterocycles. The summed E-state index contributed by atoms with van der Waals surface area (Å²) in [4.78, 5) is 10.5. The molecule has 1 saturated heterocycles. The first kappa shape index (κ1) is 17.8. The number of nitrogens with one attached hydrogen (secondary N) is 1. The van der Waals surface area contributed by atoms with Gasteiger partial charge in [-0.1, -0.05) is 11.6 Å². The van der Waals surface area contributed by atoms with Gasteiger partial charge in [-0.15, -0.1) is 0 Å². The van der Waals surface area contributed by atoms with Gasteiger partial charge >= 0.3 is 6.18 Å². The van der Waals surface area contributed by atoms with E-state index in [0.717, 1.165) is 6.07 Å². The number of rotatable bonds is 3. The Balaban J connectivity index is 1.92. The second-order valence-electron chi connectivity index (χ2n) is 5.60. The molecule has 1 aromatic heterocycles. The molecule has 0 radical (unpaired) electrons. The molecule has 1 aromatic carbocycles. The number of nitrogens with zero attached hydrogens (tertiary/aromatic N) is 3. The Kier molecular flexibility index (Phi) is 5.01. The van der Waals surface area contributed by atoms with Gasteiger partial charge in [-0.2, -0.15) is 18.2 Å². The molecule has 0 saturated carbocycles. The normalized spacial score (nSPS) is 15.3. The maximum atomic E-state index is 13.2. The molecular weight excluding hydrogens is 357 g/mol. The molecule has 9 heteroatoms. The van der Waals surface area contributed by atoms with Crippen LogP contribution in [-0.2, 0) is 10.9 Å². The molecule has 0 atom stereocenters. The molecule has 2 heterocycles. The summed E-state index contributed by atoms with van der Waals surface area (Å²) in [5, 5.41) is 2.68. The van der Waals surface area contributed by atoms with Gasteiger partial charge in [0.2, 0.25) is 5.95 Å². The maximum absolute atomic E-state index is 13.2. The monoisotopic (exact) mass is 372 g/mol. The van der Waals surface area contributed by atoms with Gasteiger partial charge in [-0.3, -0.25) is 0 Å². The minimum atomic E-state index is -4.54. The highest BCUT2D eigenvalue weighted by Crippen LogP contribution is 2.37. The topological polar surface area (TPSA) is 50.3 Å². The number of ether oxygens (including phenoxy) is 1. The minimum Gasteiger partial charge on any atom is -0.378 e. The number of alkyl halides is 3. The van der Waals surface area contributed by atoms with E-state index in [2.05, 4.69) is 15.3 Å². The van der Waals surface area contributed by atoms with E-state index in [9.17, 15) is 13.2 Å². The summed E-state index contributed by atoms with van der Waals surface area (Å²) in [5.74, 6) is 0.759. The Hall–Kier alpha value is -2.06. The zero-order valence-corrected chi connectivity index (χ0v) is 14.2. The van der Waals surface area contributed by atoms with Gasteiger partial charge in [-0.25, -0.2) is 4.98 Å². The fourth-order valence-electron chi connectivity index (χ4n) is 2.54. The van der Waals surface area contributed by atoms with E-state index in [0.29, 0.717) is 37.8 Å². The molecule has 1 aliphatic rings. The number of hydrogen-bond donors (Lipinski definition) is 1. The second-order valence-corrected chi connectivity index (χ2v) is 6.04. The molecule has 1 fully saturated rings. The molecule has 134 valence electrons. The first-order valence-corrected chi connectivity index (χ1v) is 8.03. The van der Waals surface area contributed by atoms with Crippen LogP contribution in [0, 0.1) is 6.92 Å². The fraction of sp³-hybridized carbons (Fsp3) is 0.375. The van der Waals surface area contributed by atoms with Crippen molar-refractivity contribution in [1.82, 2.24) is 9.97 Å². The predicted molar refractivity (Wildman–Crippen MR) is 89.5 cm³/mol. The number of aryl methyl sites for hydroxylation is 1. The SMILES string of the molecule is Cc1cc(N2CCOCC2)nc(Nc2ccc(Cl)cc2C(F)(F)F)n1. The van der Waals surface area contributed by atoms with Gasteiger partial charge in [0, 0.05) is 29.9 Å². The van der Waals surface area contributed by atoms with Crippen molar-refractivity contribution in [3.8, 4) is 0 Å². The number of halogens is 4. The minimum absolute atomic E-state index is 0.0111. The Morgan fingerprint density at radius 2 is 1.88 bits per heavy atom. The fourth-order valence-corrected chi connectivity index (χ4v) is 2.71. The Morgan fingerprint density at radius 3 is 2.56 bits per heavy atom. The van der Waals surface area contributed by atoms with Crippen molar-refractivity contribution >= 4 is 29.1 Å². The highest BCUT2D eigenvalue weighted by atomic mass is 35.5. The first-order chi connectivity index (χ1) is 11.8. The van der Waals surface area contributed by atoms with Crippen molar-refractivity contribution in [1.29, 1.82) is 0 Å². The van der Waals surface area contributed by atoms with Crippen LogP contribution in [0.15, 0.2) is 24.3 Å². The smallest absolute Gasteiger partial charge is 0.378 e. The van der Waals surface area contributed by atoms with Gasteiger partial charge in [0.05, 0.1) is 24.5 Å². The summed E-state index contributed by atoms with van der Waals surface area (Å²) in [6, 6.07) is 5.33. The number of benzene rings is 1. The van der Waals surface area contributed by atoms with Gasteiger partial charge in [0.15, 0.2) is 0 Å². The van der Waals surface area contributed by atoms with Crippen LogP contribution in [0.2, 0.25) is 5.02 Å². The van der Waals surface area contributed by atoms with E-state index in [1.165, 1.54) is 12.1 Å². The largest absolute Gasteiger partial charge is 0.418 e. The van der Waals surface area contributed by atoms with Crippen LogP contribution in [0.3, 0.4) is 0 Å². The summed E-state index contributed by atoms with van der Waals surface area (Å²) in [5.41, 5.74) is -0.352. The van der Waals surface area contributed by atoms with E-state index in [-0.39, 0.29) is 16.7 Å². The zero-order valence-electron chi connectivity index (χ0n) is 13.4. The van der Waals surface area contributed by atoms with E-state index in [4.69, 9.17) is 16.3 Å². The molecule has 0 amide bonds. The number of aromatic nitrogens is 2. The Labute approximate surface area is 147 Å². The standard InChI is InChI=1S/C16H16ClF3N4O/c1-10-8-14(24-4-6-25-7-5-24)23-15(21-10)22-13-3-2-11(17)9-12(13)16(18,19)20/h2-3,8-9H,4-7H2,1H3,(H,21,22,23). The van der Waals surface area contributed by atoms with Crippen molar-refractivity contribution in [2.45, 2.75) is 13.1 Å². The van der Waals surface area contributed by atoms with E-state index >= 15 is 0 Å². The first-order valence-electron chi connectivity index (χ1n) is 7.65. The van der Waals surface area contributed by atoms with Crippen LogP contribution in [0.1, 0.15) is 11.3 Å². The molecule has 1 N–H and O–H groups in total. The predicted octanol–water partition coefficient (Wildman–Crippen LogP) is 4.04. The van der Waals surface area contributed by atoms with Crippen molar-refractivity contribution in [3.05, 3.63) is 40.5 Å². The summed E-state index contributed by atoms with van der Waals surface area (Å²) < 4.78 is 45.0. The Morgan fingerprint density at radius 1 is 1.16 bits per heavy atom. The molecule has 0 unspecified atom stereocenters. The third kappa shape index (κ3) is 4.32. The molecular formula is C16H16ClF3N4O. The molecule has 0 bridgehead atoms. The van der Waals surface area contributed by atoms with Crippen molar-refractivity contribution in [2.24, 2.45) is 0 Å². The van der Waals surface area contributed by atoms with Crippen LogP contribution in [0.4, 0.5) is 30.6 Å². The van der Waals surface area contributed by atoms with Crippen molar-refractivity contribution < 1.29 is 17.9 Å². The summed E-state index contributed by atoms with van der Waals surface area (Å²) in [6.45, 7) is 4.28. The molecule has 2 aromatic rings. The number of morpholine rings is 1. The number of hydrogen-bond acceptors (Lipinski definition) is 5. The van der Waals surface area contributed by atoms with Crippen LogP contribution < -0.4 is 10.2 Å². The lowest BCUT2D eigenvalue weighted by Crippen LogP contribution is -2.36. The zero-order chi connectivity index (χ0) is 18.0. The highest BCUT2D eigenvalue weighted by molar-refractivity contribution is 6.30. The van der Waals surface area contributed by atoms with Gasteiger partial charge < -0.3 is 15.0 Å². The van der Waals surface area contributed by atoms with Crippen LogP contribution in [0.25, 0.3) is 0 Å². The van der Waals surface area contributed by atoms with Gasteiger partial charge in [0.25, 0.3) is 0 Å². The lowest BCUT2D eigenvalue weighted by Gasteiger charge is -2.28. The molecule has 5 nitrogen and oxygen atoms in total.